The number of fused-ring (bicyclic) bond motifs is 1. The molecule has 1 saturated heterocycles. The fourth-order valence-electron chi connectivity index (χ4n) is 3.83. The van der Waals surface area contributed by atoms with Crippen LogP contribution >= 0.6 is 0 Å². The van der Waals surface area contributed by atoms with E-state index in [0.29, 0.717) is 42.6 Å². The first-order valence-corrected chi connectivity index (χ1v) is 10.5. The predicted molar refractivity (Wildman–Crippen MR) is 117 cm³/mol. The van der Waals surface area contributed by atoms with Crippen molar-refractivity contribution in [2.24, 2.45) is 0 Å². The van der Waals surface area contributed by atoms with Gasteiger partial charge in [-0.3, -0.25) is 19.2 Å². The zero-order chi connectivity index (χ0) is 22.7. The summed E-state index contributed by atoms with van der Waals surface area (Å²) in [5, 5.41) is 5.89. The highest BCUT2D eigenvalue weighted by Crippen LogP contribution is 2.14. The Labute approximate surface area is 183 Å². The number of amides is 3. The lowest BCUT2D eigenvalue weighted by Gasteiger charge is -2.32. The summed E-state index contributed by atoms with van der Waals surface area (Å²) in [6.45, 7) is 2.54. The number of hydrogen-bond acceptors (Lipinski definition) is 5. The van der Waals surface area contributed by atoms with Crippen LogP contribution in [-0.4, -0.2) is 53.3 Å². The summed E-state index contributed by atoms with van der Waals surface area (Å²) < 4.78 is 5.21. The van der Waals surface area contributed by atoms with Gasteiger partial charge in [-0.25, -0.2) is 0 Å². The molecule has 3 N–H and O–H groups in total. The number of piperidine rings is 1. The fourth-order valence-corrected chi connectivity index (χ4v) is 3.83. The lowest BCUT2D eigenvalue weighted by molar-refractivity contribution is -0.131. The van der Waals surface area contributed by atoms with E-state index in [1.54, 1.807) is 42.2 Å². The van der Waals surface area contributed by atoms with Crippen molar-refractivity contribution in [2.75, 3.05) is 19.6 Å². The highest BCUT2D eigenvalue weighted by atomic mass is 16.3. The Bertz CT molecular complexity index is 1220. The molecule has 0 aliphatic carbocycles. The number of nitrogens with one attached hydrogen (secondary N) is 3. The van der Waals surface area contributed by atoms with Crippen molar-refractivity contribution in [2.45, 2.75) is 25.8 Å². The van der Waals surface area contributed by atoms with Gasteiger partial charge in [-0.1, -0.05) is 12.1 Å². The van der Waals surface area contributed by atoms with Crippen molar-refractivity contribution >= 4 is 28.6 Å². The second-order valence-corrected chi connectivity index (χ2v) is 7.82. The first-order chi connectivity index (χ1) is 15.4. The number of pyridine rings is 1. The standard InChI is InChI=1S/C23H24N4O5/c1-14-8-11-32-21(14)23(31)26-15-6-9-27(10-7-15)19(28)13-25-22(30)17-12-24-18-5-3-2-4-16(18)20(17)29/h2-5,8,11-12,15H,6-7,9-10,13H2,1H3,(H,24,29)(H,25,30)(H,26,31). The lowest BCUT2D eigenvalue weighted by Crippen LogP contribution is -2.49. The summed E-state index contributed by atoms with van der Waals surface area (Å²) in [6.07, 6.45) is 4.05. The molecule has 9 nitrogen and oxygen atoms in total. The van der Waals surface area contributed by atoms with Crippen LogP contribution in [0.1, 0.15) is 39.3 Å². The number of rotatable bonds is 5. The quantitative estimate of drug-likeness (QED) is 0.560. The van der Waals surface area contributed by atoms with Crippen LogP contribution in [0.3, 0.4) is 0 Å². The fraction of sp³-hybridized carbons (Fsp3) is 0.304. The molecule has 166 valence electrons. The average molecular weight is 436 g/mol. The molecule has 0 atom stereocenters. The molecule has 9 heteroatoms. The third-order valence-electron chi connectivity index (χ3n) is 5.68. The Morgan fingerprint density at radius 3 is 2.59 bits per heavy atom. The molecule has 1 aliphatic rings. The van der Waals surface area contributed by atoms with Gasteiger partial charge in [-0.15, -0.1) is 0 Å². The Morgan fingerprint density at radius 1 is 1.12 bits per heavy atom. The van der Waals surface area contributed by atoms with Crippen molar-refractivity contribution < 1.29 is 18.8 Å². The summed E-state index contributed by atoms with van der Waals surface area (Å²) in [7, 11) is 0. The van der Waals surface area contributed by atoms with Gasteiger partial charge in [0.05, 0.1) is 12.8 Å². The highest BCUT2D eigenvalue weighted by Gasteiger charge is 2.25. The third kappa shape index (κ3) is 4.41. The Hall–Kier alpha value is -3.88. The number of furan rings is 1. The summed E-state index contributed by atoms with van der Waals surface area (Å²) in [5.41, 5.74) is 0.997. The first-order valence-electron chi connectivity index (χ1n) is 10.5. The van der Waals surface area contributed by atoms with Gasteiger partial charge in [0.25, 0.3) is 11.8 Å². The normalized spacial score (nSPS) is 14.3. The zero-order valence-electron chi connectivity index (χ0n) is 17.6. The number of likely N-dealkylation sites (tertiary alicyclic amines) is 1. The smallest absolute Gasteiger partial charge is 0.287 e. The number of nitrogens with zero attached hydrogens (tertiary/aromatic N) is 1. The molecular formula is C23H24N4O5. The van der Waals surface area contributed by atoms with Crippen molar-refractivity contribution in [3.63, 3.8) is 0 Å². The van der Waals surface area contributed by atoms with Crippen molar-refractivity contribution in [1.29, 1.82) is 0 Å². The maximum absolute atomic E-state index is 12.5. The Balaban J connectivity index is 1.28. The number of carbonyl (C=O) groups is 3. The van der Waals surface area contributed by atoms with E-state index in [9.17, 15) is 19.2 Å². The van der Waals surface area contributed by atoms with E-state index in [1.807, 2.05) is 0 Å². The van der Waals surface area contributed by atoms with Gasteiger partial charge in [0, 0.05) is 41.8 Å². The highest BCUT2D eigenvalue weighted by molar-refractivity contribution is 5.98. The number of aromatic nitrogens is 1. The van der Waals surface area contributed by atoms with Gasteiger partial charge in [0.15, 0.2) is 5.76 Å². The maximum atomic E-state index is 12.5. The number of carbonyl (C=O) groups excluding carboxylic acids is 3. The summed E-state index contributed by atoms with van der Waals surface area (Å²) >= 11 is 0. The number of H-pyrrole nitrogens is 1. The van der Waals surface area contributed by atoms with Crippen molar-refractivity contribution in [1.82, 2.24) is 20.5 Å². The molecule has 0 unspecified atom stereocenters. The lowest BCUT2D eigenvalue weighted by atomic mass is 10.0. The minimum absolute atomic E-state index is 0.0360. The summed E-state index contributed by atoms with van der Waals surface area (Å²) in [4.78, 5) is 54.3. The van der Waals surface area contributed by atoms with Crippen LogP contribution in [0.15, 0.2) is 52.0 Å². The SMILES string of the molecule is Cc1ccoc1C(=O)NC1CCN(C(=O)CNC(=O)c2c[nH]c3ccccc3c2=O)CC1. The van der Waals surface area contributed by atoms with E-state index in [1.165, 1.54) is 12.5 Å². The van der Waals surface area contributed by atoms with Crippen LogP contribution in [0.5, 0.6) is 0 Å². The molecule has 1 aliphatic heterocycles. The third-order valence-corrected chi connectivity index (χ3v) is 5.68. The van der Waals surface area contributed by atoms with Gasteiger partial charge < -0.3 is 24.9 Å². The van der Waals surface area contributed by atoms with E-state index in [4.69, 9.17) is 4.42 Å². The molecule has 4 rings (SSSR count). The molecule has 1 fully saturated rings. The summed E-state index contributed by atoms with van der Waals surface area (Å²) in [6, 6.07) is 8.60. The molecule has 1 aromatic carbocycles. The number of aromatic amines is 1. The molecule has 3 amide bonds. The van der Waals surface area contributed by atoms with Crippen LogP contribution in [0.2, 0.25) is 0 Å². The van der Waals surface area contributed by atoms with Crippen molar-refractivity contribution in [3.8, 4) is 0 Å². The van der Waals surface area contributed by atoms with Gasteiger partial charge >= 0.3 is 0 Å². The Kier molecular flexibility index (Phi) is 6.07. The maximum Gasteiger partial charge on any atom is 0.287 e. The van der Waals surface area contributed by atoms with E-state index >= 15 is 0 Å². The van der Waals surface area contributed by atoms with Crippen LogP contribution in [0.4, 0.5) is 0 Å². The second-order valence-electron chi connectivity index (χ2n) is 7.82. The molecule has 0 spiro atoms. The van der Waals surface area contributed by atoms with Crippen LogP contribution < -0.4 is 16.1 Å². The Morgan fingerprint density at radius 2 is 1.88 bits per heavy atom. The van der Waals surface area contributed by atoms with Gasteiger partial charge in [-0.05, 0) is 38.0 Å². The number of benzene rings is 1. The van der Waals surface area contributed by atoms with E-state index in [-0.39, 0.29) is 35.4 Å². The van der Waals surface area contributed by atoms with Crippen molar-refractivity contribution in [3.05, 3.63) is 69.9 Å². The molecule has 3 aromatic rings. The second kappa shape index (κ2) is 9.09. The first kappa shape index (κ1) is 21.4. The van der Waals surface area contributed by atoms with E-state index in [0.717, 1.165) is 5.56 Å². The topological polar surface area (TPSA) is 125 Å². The predicted octanol–water partition coefficient (Wildman–Crippen LogP) is 1.58. The molecule has 2 aromatic heterocycles. The molecule has 0 bridgehead atoms. The number of aryl methyl sites for hydroxylation is 1. The summed E-state index contributed by atoms with van der Waals surface area (Å²) in [5.74, 6) is -0.788. The molecule has 0 saturated carbocycles. The van der Waals surface area contributed by atoms with Gasteiger partial charge in [0.2, 0.25) is 11.3 Å². The van der Waals surface area contributed by atoms with E-state index in [2.05, 4.69) is 15.6 Å². The van der Waals surface area contributed by atoms with Gasteiger partial charge in [-0.2, -0.15) is 0 Å². The average Bonchev–Trinajstić information content (AvgIpc) is 3.24. The monoisotopic (exact) mass is 436 g/mol. The number of para-hydroxylation sites is 1. The largest absolute Gasteiger partial charge is 0.459 e. The van der Waals surface area contributed by atoms with Crippen LogP contribution in [0.25, 0.3) is 10.9 Å². The molecular weight excluding hydrogens is 412 g/mol. The zero-order valence-corrected chi connectivity index (χ0v) is 17.6. The molecule has 3 heterocycles. The van der Waals surface area contributed by atoms with Gasteiger partial charge in [0.1, 0.15) is 5.56 Å². The van der Waals surface area contributed by atoms with Crippen LogP contribution in [0, 0.1) is 6.92 Å². The minimum atomic E-state index is -0.596. The number of hydrogen-bond donors (Lipinski definition) is 3. The minimum Gasteiger partial charge on any atom is -0.459 e. The van der Waals surface area contributed by atoms with Crippen LogP contribution in [-0.2, 0) is 4.79 Å². The molecule has 0 radical (unpaired) electrons. The van der Waals surface area contributed by atoms with E-state index < -0.39 is 5.91 Å². The molecule has 32 heavy (non-hydrogen) atoms.